The zero-order valence-electron chi connectivity index (χ0n) is 11.2. The average Bonchev–Trinajstić information content (AvgIpc) is 2.40. The van der Waals surface area contributed by atoms with Crippen molar-refractivity contribution in [2.75, 3.05) is 19.6 Å². The molecule has 0 spiro atoms. The second-order valence-electron chi connectivity index (χ2n) is 6.45. The number of rotatable bonds is 2. The molecule has 0 bridgehead atoms. The minimum atomic E-state index is 0.799. The molecule has 0 aromatic carbocycles. The Morgan fingerprint density at radius 1 is 0.824 bits per heavy atom. The van der Waals surface area contributed by atoms with Gasteiger partial charge in [0.25, 0.3) is 0 Å². The lowest BCUT2D eigenvalue weighted by Crippen LogP contribution is -2.53. The number of nitrogens with one attached hydrogen (secondary N) is 1. The van der Waals surface area contributed by atoms with E-state index in [1.807, 2.05) is 0 Å². The van der Waals surface area contributed by atoms with Crippen molar-refractivity contribution in [1.29, 1.82) is 0 Å². The van der Waals surface area contributed by atoms with Crippen molar-refractivity contribution in [3.8, 4) is 0 Å². The van der Waals surface area contributed by atoms with E-state index in [1.54, 1.807) is 0 Å². The molecule has 0 aromatic heterocycles. The SMILES string of the molecule is C1CCN(CC2CCC3CCCCC3N2)CC1. The maximum absolute atomic E-state index is 3.96. The number of likely N-dealkylation sites (tertiary alicyclic amines) is 1. The largest absolute Gasteiger partial charge is 0.310 e. The van der Waals surface area contributed by atoms with Crippen molar-refractivity contribution >= 4 is 0 Å². The summed E-state index contributed by atoms with van der Waals surface area (Å²) in [4.78, 5) is 2.70. The number of nitrogens with zero attached hydrogens (tertiary/aromatic N) is 1. The number of piperidine rings is 2. The van der Waals surface area contributed by atoms with Crippen molar-refractivity contribution in [1.82, 2.24) is 10.2 Å². The molecule has 2 heterocycles. The van der Waals surface area contributed by atoms with E-state index in [1.165, 1.54) is 77.4 Å². The third kappa shape index (κ3) is 3.03. The summed E-state index contributed by atoms with van der Waals surface area (Å²) in [5, 5.41) is 3.96. The van der Waals surface area contributed by atoms with Crippen LogP contribution >= 0.6 is 0 Å². The summed E-state index contributed by atoms with van der Waals surface area (Å²) >= 11 is 0. The van der Waals surface area contributed by atoms with Crippen LogP contribution in [0, 0.1) is 5.92 Å². The third-order valence-electron chi connectivity index (χ3n) is 5.17. The van der Waals surface area contributed by atoms with Gasteiger partial charge in [-0.2, -0.15) is 0 Å². The fourth-order valence-corrected chi connectivity index (χ4v) is 4.17. The predicted octanol–water partition coefficient (Wildman–Crippen LogP) is 2.78. The second-order valence-corrected chi connectivity index (χ2v) is 6.45. The van der Waals surface area contributed by atoms with Crippen LogP contribution in [0.3, 0.4) is 0 Å². The molecule has 2 heteroatoms. The summed E-state index contributed by atoms with van der Waals surface area (Å²) in [6.45, 7) is 4.03. The lowest BCUT2D eigenvalue weighted by atomic mass is 9.77. The molecule has 3 fully saturated rings. The first-order chi connectivity index (χ1) is 8.42. The number of hydrogen-bond donors (Lipinski definition) is 1. The molecule has 17 heavy (non-hydrogen) atoms. The predicted molar refractivity (Wildman–Crippen MR) is 72.2 cm³/mol. The highest BCUT2D eigenvalue weighted by atomic mass is 15.2. The zero-order chi connectivity index (χ0) is 11.5. The van der Waals surface area contributed by atoms with Gasteiger partial charge in [-0.05, 0) is 57.5 Å². The van der Waals surface area contributed by atoms with E-state index in [2.05, 4.69) is 10.2 Å². The normalized spacial score (nSPS) is 39.9. The maximum Gasteiger partial charge on any atom is 0.0197 e. The van der Waals surface area contributed by atoms with Crippen LogP contribution in [0.5, 0.6) is 0 Å². The highest BCUT2D eigenvalue weighted by molar-refractivity contribution is 4.90. The van der Waals surface area contributed by atoms with Crippen LogP contribution in [0.1, 0.15) is 57.8 Å². The fraction of sp³-hybridized carbons (Fsp3) is 1.00. The van der Waals surface area contributed by atoms with Gasteiger partial charge in [0.2, 0.25) is 0 Å². The first kappa shape index (κ1) is 12.0. The summed E-state index contributed by atoms with van der Waals surface area (Å²) in [5.74, 6) is 1.02. The lowest BCUT2D eigenvalue weighted by molar-refractivity contribution is 0.134. The van der Waals surface area contributed by atoms with Crippen molar-refractivity contribution in [3.05, 3.63) is 0 Å². The van der Waals surface area contributed by atoms with Gasteiger partial charge in [0.15, 0.2) is 0 Å². The molecular weight excluding hydrogens is 208 g/mol. The molecule has 3 aliphatic rings. The topological polar surface area (TPSA) is 15.3 Å². The number of fused-ring (bicyclic) bond motifs is 1. The van der Waals surface area contributed by atoms with Gasteiger partial charge >= 0.3 is 0 Å². The molecule has 3 rings (SSSR count). The summed E-state index contributed by atoms with van der Waals surface area (Å²) in [6.07, 6.45) is 13.1. The Balaban J connectivity index is 1.48. The number of hydrogen-bond acceptors (Lipinski definition) is 2. The molecule has 0 aromatic rings. The van der Waals surface area contributed by atoms with Crippen LogP contribution in [0.4, 0.5) is 0 Å². The van der Waals surface area contributed by atoms with Crippen LogP contribution in [-0.2, 0) is 0 Å². The van der Waals surface area contributed by atoms with Gasteiger partial charge in [-0.15, -0.1) is 0 Å². The van der Waals surface area contributed by atoms with E-state index in [9.17, 15) is 0 Å². The van der Waals surface area contributed by atoms with Crippen LogP contribution in [0.2, 0.25) is 0 Å². The quantitative estimate of drug-likeness (QED) is 0.793. The van der Waals surface area contributed by atoms with Crippen LogP contribution in [-0.4, -0.2) is 36.6 Å². The molecule has 98 valence electrons. The highest BCUT2D eigenvalue weighted by Crippen LogP contribution is 2.32. The Morgan fingerprint density at radius 2 is 1.65 bits per heavy atom. The van der Waals surface area contributed by atoms with E-state index in [0.717, 1.165) is 18.0 Å². The molecule has 2 saturated heterocycles. The van der Waals surface area contributed by atoms with E-state index in [0.29, 0.717) is 0 Å². The van der Waals surface area contributed by atoms with Crippen LogP contribution in [0.15, 0.2) is 0 Å². The molecule has 3 unspecified atom stereocenters. The van der Waals surface area contributed by atoms with E-state index >= 15 is 0 Å². The van der Waals surface area contributed by atoms with Gasteiger partial charge in [0.05, 0.1) is 0 Å². The Labute approximate surface area is 106 Å². The third-order valence-corrected chi connectivity index (χ3v) is 5.17. The van der Waals surface area contributed by atoms with E-state index in [4.69, 9.17) is 0 Å². The average molecular weight is 236 g/mol. The Morgan fingerprint density at radius 3 is 2.53 bits per heavy atom. The molecule has 3 atom stereocenters. The highest BCUT2D eigenvalue weighted by Gasteiger charge is 2.32. The second kappa shape index (κ2) is 5.71. The van der Waals surface area contributed by atoms with Gasteiger partial charge in [0.1, 0.15) is 0 Å². The Kier molecular flexibility index (Phi) is 4.02. The lowest BCUT2D eigenvalue weighted by Gasteiger charge is -2.42. The summed E-state index contributed by atoms with van der Waals surface area (Å²) in [5.41, 5.74) is 0. The van der Waals surface area contributed by atoms with Gasteiger partial charge < -0.3 is 10.2 Å². The van der Waals surface area contributed by atoms with Gasteiger partial charge in [0, 0.05) is 18.6 Å². The van der Waals surface area contributed by atoms with Gasteiger partial charge in [-0.3, -0.25) is 0 Å². The molecule has 1 aliphatic carbocycles. The van der Waals surface area contributed by atoms with Crippen LogP contribution < -0.4 is 5.32 Å². The molecule has 2 aliphatic heterocycles. The Bertz CT molecular complexity index is 233. The summed E-state index contributed by atoms with van der Waals surface area (Å²) < 4.78 is 0. The fourth-order valence-electron chi connectivity index (χ4n) is 4.17. The maximum atomic E-state index is 3.96. The first-order valence-electron chi connectivity index (χ1n) is 7.90. The standard InChI is InChI=1S/C15H28N2/c1-4-10-17(11-5-1)12-14-9-8-13-6-2-3-7-15(13)16-14/h13-16H,1-12H2. The molecule has 0 radical (unpaired) electrons. The monoisotopic (exact) mass is 236 g/mol. The summed E-state index contributed by atoms with van der Waals surface area (Å²) in [6, 6.07) is 1.67. The van der Waals surface area contributed by atoms with Gasteiger partial charge in [-0.25, -0.2) is 0 Å². The Hall–Kier alpha value is -0.0800. The van der Waals surface area contributed by atoms with E-state index < -0.39 is 0 Å². The van der Waals surface area contributed by atoms with E-state index in [-0.39, 0.29) is 0 Å². The van der Waals surface area contributed by atoms with Crippen molar-refractivity contribution < 1.29 is 0 Å². The minimum absolute atomic E-state index is 0.799. The molecule has 1 saturated carbocycles. The molecular formula is C15H28N2. The van der Waals surface area contributed by atoms with Crippen molar-refractivity contribution in [3.63, 3.8) is 0 Å². The first-order valence-corrected chi connectivity index (χ1v) is 7.90. The molecule has 2 nitrogen and oxygen atoms in total. The van der Waals surface area contributed by atoms with Crippen LogP contribution in [0.25, 0.3) is 0 Å². The molecule has 1 N–H and O–H groups in total. The van der Waals surface area contributed by atoms with Crippen molar-refractivity contribution in [2.24, 2.45) is 5.92 Å². The summed E-state index contributed by atoms with van der Waals surface area (Å²) in [7, 11) is 0. The zero-order valence-corrected chi connectivity index (χ0v) is 11.2. The minimum Gasteiger partial charge on any atom is -0.310 e. The smallest absolute Gasteiger partial charge is 0.0197 e. The molecule has 0 amide bonds. The van der Waals surface area contributed by atoms with Gasteiger partial charge in [-0.1, -0.05) is 19.3 Å². The van der Waals surface area contributed by atoms with Crippen molar-refractivity contribution in [2.45, 2.75) is 69.9 Å².